The second-order valence-electron chi connectivity index (χ2n) is 11.3. The highest BCUT2D eigenvalue weighted by Gasteiger charge is 2.49. The monoisotopic (exact) mass is 601 g/mol. The molecule has 0 amide bonds. The zero-order valence-electron chi connectivity index (χ0n) is 24.0. The van der Waals surface area contributed by atoms with Crippen molar-refractivity contribution in [2.24, 2.45) is 0 Å². The van der Waals surface area contributed by atoms with Crippen LogP contribution in [0.5, 0.6) is 0 Å². The van der Waals surface area contributed by atoms with Gasteiger partial charge in [-0.25, -0.2) is 16.8 Å². The van der Waals surface area contributed by atoms with Gasteiger partial charge in [-0.15, -0.1) is 0 Å². The number of piperazine rings is 1. The van der Waals surface area contributed by atoms with Gasteiger partial charge in [-0.2, -0.15) is 4.31 Å². The van der Waals surface area contributed by atoms with Gasteiger partial charge in [0, 0.05) is 19.1 Å². The molecule has 0 spiro atoms. The van der Waals surface area contributed by atoms with E-state index in [2.05, 4.69) is 4.90 Å². The first-order valence-electron chi connectivity index (χ1n) is 14.2. The van der Waals surface area contributed by atoms with Crippen LogP contribution < -0.4 is 9.21 Å². The topological polar surface area (TPSA) is 78.0 Å². The standard InChI is InChI=1S/C33H35N3O4S2/c1-24-13-17-29(18-14-24)41(37,38)35-23-33-26(3)36(42(39,40)30-19-15-25(2)16-20-30)32-12-8-7-11-31(32)34(33)22-28(35)21-27-9-5-4-6-10-27/h4-20,26,28,33H,21-23H2,1-3H3/t26-,28-,33+/m0/s1. The molecule has 4 aromatic rings. The molecular weight excluding hydrogens is 567 g/mol. The second kappa shape index (κ2) is 10.9. The minimum absolute atomic E-state index is 0.156. The minimum atomic E-state index is -3.93. The Labute approximate surface area is 249 Å². The fraction of sp³-hybridized carbons (Fsp3) is 0.273. The van der Waals surface area contributed by atoms with E-state index in [4.69, 9.17) is 0 Å². The molecule has 0 saturated carbocycles. The molecule has 42 heavy (non-hydrogen) atoms. The van der Waals surface area contributed by atoms with Crippen LogP contribution in [0.4, 0.5) is 11.4 Å². The molecule has 7 nitrogen and oxygen atoms in total. The Morgan fingerprint density at radius 1 is 0.643 bits per heavy atom. The first kappa shape index (κ1) is 28.5. The van der Waals surface area contributed by atoms with Crippen LogP contribution >= 0.6 is 0 Å². The average Bonchev–Trinajstić information content (AvgIpc) is 2.98. The summed E-state index contributed by atoms with van der Waals surface area (Å²) in [6, 6.07) is 30.0. The smallest absolute Gasteiger partial charge is 0.264 e. The molecule has 1 fully saturated rings. The Morgan fingerprint density at radius 2 is 1.17 bits per heavy atom. The fourth-order valence-electron chi connectivity index (χ4n) is 6.21. The van der Waals surface area contributed by atoms with Crippen molar-refractivity contribution in [3.8, 4) is 0 Å². The van der Waals surface area contributed by atoms with Crippen molar-refractivity contribution in [1.82, 2.24) is 4.31 Å². The predicted molar refractivity (Wildman–Crippen MR) is 167 cm³/mol. The van der Waals surface area contributed by atoms with Gasteiger partial charge in [0.2, 0.25) is 10.0 Å². The van der Waals surface area contributed by atoms with Crippen LogP contribution in [-0.4, -0.2) is 52.4 Å². The number of para-hydroxylation sites is 2. The molecule has 6 rings (SSSR count). The van der Waals surface area contributed by atoms with Gasteiger partial charge in [0.15, 0.2) is 0 Å². The molecule has 218 valence electrons. The molecule has 3 atom stereocenters. The Bertz CT molecular complexity index is 1790. The van der Waals surface area contributed by atoms with Crippen molar-refractivity contribution in [3.63, 3.8) is 0 Å². The summed E-state index contributed by atoms with van der Waals surface area (Å²) in [5.74, 6) is 0. The van der Waals surface area contributed by atoms with Crippen molar-refractivity contribution in [1.29, 1.82) is 0 Å². The first-order chi connectivity index (χ1) is 20.1. The number of fused-ring (bicyclic) bond motifs is 3. The van der Waals surface area contributed by atoms with Crippen molar-refractivity contribution in [2.45, 2.75) is 55.1 Å². The molecule has 0 unspecified atom stereocenters. The number of nitrogens with zero attached hydrogens (tertiary/aromatic N) is 3. The van der Waals surface area contributed by atoms with Gasteiger partial charge in [-0.1, -0.05) is 77.9 Å². The second-order valence-corrected chi connectivity index (χ2v) is 15.0. The van der Waals surface area contributed by atoms with Gasteiger partial charge >= 0.3 is 0 Å². The van der Waals surface area contributed by atoms with E-state index in [1.807, 2.05) is 87.5 Å². The van der Waals surface area contributed by atoms with Crippen LogP contribution in [0.25, 0.3) is 0 Å². The molecule has 2 aliphatic heterocycles. The van der Waals surface area contributed by atoms with Gasteiger partial charge in [0.25, 0.3) is 10.0 Å². The van der Waals surface area contributed by atoms with E-state index in [9.17, 15) is 16.8 Å². The molecule has 4 aromatic carbocycles. The first-order valence-corrected chi connectivity index (χ1v) is 17.0. The number of hydrogen-bond acceptors (Lipinski definition) is 5. The summed E-state index contributed by atoms with van der Waals surface area (Å²) in [6.45, 7) is 6.32. The minimum Gasteiger partial charge on any atom is -0.362 e. The number of rotatable bonds is 6. The fourth-order valence-corrected chi connectivity index (χ4v) is 9.54. The lowest BCUT2D eigenvalue weighted by atomic mass is 9.95. The van der Waals surface area contributed by atoms with E-state index in [1.165, 1.54) is 4.31 Å². The van der Waals surface area contributed by atoms with Gasteiger partial charge < -0.3 is 4.90 Å². The molecule has 0 N–H and O–H groups in total. The maximum absolute atomic E-state index is 14.2. The molecular formula is C33H35N3O4S2. The number of aryl methyl sites for hydroxylation is 2. The molecule has 0 aliphatic carbocycles. The predicted octanol–water partition coefficient (Wildman–Crippen LogP) is 5.39. The average molecular weight is 602 g/mol. The molecule has 1 saturated heterocycles. The van der Waals surface area contributed by atoms with E-state index in [0.717, 1.165) is 22.4 Å². The Hall–Kier alpha value is -3.66. The Morgan fingerprint density at radius 3 is 1.76 bits per heavy atom. The van der Waals surface area contributed by atoms with Gasteiger partial charge in [-0.05, 0) is 69.2 Å². The highest BCUT2D eigenvalue weighted by atomic mass is 32.2. The van der Waals surface area contributed by atoms with Crippen LogP contribution in [0.2, 0.25) is 0 Å². The highest BCUT2D eigenvalue weighted by Crippen LogP contribution is 2.44. The van der Waals surface area contributed by atoms with Crippen LogP contribution in [-0.2, 0) is 26.5 Å². The third kappa shape index (κ3) is 4.99. The number of benzene rings is 4. The molecule has 9 heteroatoms. The molecule has 2 heterocycles. The van der Waals surface area contributed by atoms with E-state index in [0.29, 0.717) is 18.7 Å². The summed E-state index contributed by atoms with van der Waals surface area (Å²) in [6.07, 6.45) is 0.539. The van der Waals surface area contributed by atoms with Crippen molar-refractivity contribution < 1.29 is 16.8 Å². The van der Waals surface area contributed by atoms with E-state index < -0.39 is 32.1 Å². The largest absolute Gasteiger partial charge is 0.362 e. The maximum atomic E-state index is 14.2. The molecule has 2 aliphatic rings. The summed E-state index contributed by atoms with van der Waals surface area (Å²) >= 11 is 0. The normalized spacial score (nSPS) is 21.1. The summed E-state index contributed by atoms with van der Waals surface area (Å²) in [4.78, 5) is 2.67. The van der Waals surface area contributed by atoms with E-state index in [-0.39, 0.29) is 22.4 Å². The Kier molecular flexibility index (Phi) is 7.37. The van der Waals surface area contributed by atoms with Crippen LogP contribution in [0, 0.1) is 13.8 Å². The van der Waals surface area contributed by atoms with Gasteiger partial charge in [0.05, 0.1) is 33.2 Å². The third-order valence-electron chi connectivity index (χ3n) is 8.46. The lowest BCUT2D eigenvalue weighted by Gasteiger charge is -2.54. The van der Waals surface area contributed by atoms with Crippen LogP contribution in [0.1, 0.15) is 23.6 Å². The van der Waals surface area contributed by atoms with Crippen LogP contribution in [0.3, 0.4) is 0 Å². The van der Waals surface area contributed by atoms with Crippen molar-refractivity contribution in [3.05, 3.63) is 120 Å². The van der Waals surface area contributed by atoms with Crippen molar-refractivity contribution >= 4 is 31.4 Å². The number of sulfonamides is 2. The quantitative estimate of drug-likeness (QED) is 0.296. The SMILES string of the molecule is Cc1ccc(S(=O)(=O)N2C[C@@H]3[C@H](C)N(S(=O)(=O)c4ccc(C)cc4)c4ccccc4N3C[C@@H]2Cc2ccccc2)cc1. The van der Waals surface area contributed by atoms with Gasteiger partial charge in [0.1, 0.15) is 0 Å². The van der Waals surface area contributed by atoms with E-state index in [1.54, 1.807) is 40.7 Å². The summed E-state index contributed by atoms with van der Waals surface area (Å²) in [5.41, 5.74) is 4.40. The van der Waals surface area contributed by atoms with Crippen LogP contribution in [0.15, 0.2) is 113 Å². The third-order valence-corrected chi connectivity index (χ3v) is 12.3. The molecule has 0 aromatic heterocycles. The number of anilines is 2. The van der Waals surface area contributed by atoms with Gasteiger partial charge in [-0.3, -0.25) is 4.31 Å². The summed E-state index contributed by atoms with van der Waals surface area (Å²) < 4.78 is 59.9. The number of hydrogen-bond donors (Lipinski definition) is 0. The lowest BCUT2D eigenvalue weighted by Crippen LogP contribution is -2.68. The summed E-state index contributed by atoms with van der Waals surface area (Å²) in [5, 5.41) is 0. The van der Waals surface area contributed by atoms with Crippen molar-refractivity contribution in [2.75, 3.05) is 22.3 Å². The maximum Gasteiger partial charge on any atom is 0.264 e. The molecule has 0 radical (unpaired) electrons. The zero-order chi connectivity index (χ0) is 29.6. The Balaban J connectivity index is 1.46. The lowest BCUT2D eigenvalue weighted by molar-refractivity contribution is 0.235. The zero-order valence-corrected chi connectivity index (χ0v) is 25.6. The molecule has 0 bridgehead atoms. The summed E-state index contributed by atoms with van der Waals surface area (Å²) in [7, 11) is -7.80. The van der Waals surface area contributed by atoms with E-state index >= 15 is 0 Å². The highest BCUT2D eigenvalue weighted by molar-refractivity contribution is 7.93.